The fourth-order valence-electron chi connectivity index (χ4n) is 1.32. The summed E-state index contributed by atoms with van der Waals surface area (Å²) in [6, 6.07) is 3.56. The van der Waals surface area contributed by atoms with Crippen molar-refractivity contribution < 1.29 is 0 Å². The molecule has 5 heteroatoms. The van der Waals surface area contributed by atoms with Gasteiger partial charge in [-0.2, -0.15) is 11.8 Å². The van der Waals surface area contributed by atoms with Crippen molar-refractivity contribution in [2.24, 2.45) is 5.73 Å². The van der Waals surface area contributed by atoms with Gasteiger partial charge >= 0.3 is 0 Å². The monoisotopic (exact) mass is 242 g/mol. The average molecular weight is 242 g/mol. The van der Waals surface area contributed by atoms with Crippen molar-refractivity contribution in [2.45, 2.75) is 13.5 Å². The number of nitrogens with two attached hydrogens (primary N) is 1. The van der Waals surface area contributed by atoms with Gasteiger partial charge in [0.25, 0.3) is 5.56 Å². The maximum atomic E-state index is 11.9. The van der Waals surface area contributed by atoms with Gasteiger partial charge in [0.05, 0.1) is 5.56 Å². The standard InChI is InChI=1S/C10H14N2OS2/c1-7-3-4-8(9(11)14)10(13)12(7)5-6-15-2/h3-4H,5-6H2,1-2H3,(H2,11,14). The Morgan fingerprint density at radius 1 is 1.60 bits per heavy atom. The Balaban J connectivity index is 3.18. The Morgan fingerprint density at radius 2 is 2.27 bits per heavy atom. The lowest BCUT2D eigenvalue weighted by molar-refractivity contribution is 0.707. The largest absolute Gasteiger partial charge is 0.389 e. The number of rotatable bonds is 4. The second-order valence-corrected chi connectivity index (χ2v) is 4.63. The third-order valence-electron chi connectivity index (χ3n) is 2.18. The molecule has 0 aliphatic carbocycles. The number of pyridine rings is 1. The summed E-state index contributed by atoms with van der Waals surface area (Å²) in [7, 11) is 0. The van der Waals surface area contributed by atoms with E-state index in [1.165, 1.54) is 0 Å². The van der Waals surface area contributed by atoms with Crippen LogP contribution < -0.4 is 11.3 Å². The quantitative estimate of drug-likeness (QED) is 0.805. The molecule has 0 atom stereocenters. The SMILES string of the molecule is CSCCn1c(C)ccc(C(N)=S)c1=O. The van der Waals surface area contributed by atoms with Gasteiger partial charge in [0.1, 0.15) is 4.99 Å². The molecule has 1 aromatic heterocycles. The number of thiocarbonyl (C=S) groups is 1. The molecule has 0 saturated carbocycles. The summed E-state index contributed by atoms with van der Waals surface area (Å²) in [6.45, 7) is 2.60. The minimum absolute atomic E-state index is 0.0865. The fourth-order valence-corrected chi connectivity index (χ4v) is 1.84. The van der Waals surface area contributed by atoms with Crippen molar-refractivity contribution in [3.8, 4) is 0 Å². The van der Waals surface area contributed by atoms with Gasteiger partial charge in [-0.3, -0.25) is 4.79 Å². The summed E-state index contributed by atoms with van der Waals surface area (Å²) >= 11 is 6.53. The second kappa shape index (κ2) is 5.32. The van der Waals surface area contributed by atoms with E-state index < -0.39 is 0 Å². The van der Waals surface area contributed by atoms with Crippen LogP contribution in [0.2, 0.25) is 0 Å². The smallest absolute Gasteiger partial charge is 0.261 e. The van der Waals surface area contributed by atoms with Gasteiger partial charge in [0.15, 0.2) is 0 Å². The zero-order chi connectivity index (χ0) is 11.4. The first-order valence-corrected chi connectivity index (χ1v) is 6.37. The van der Waals surface area contributed by atoms with Crippen LogP contribution in [0.5, 0.6) is 0 Å². The van der Waals surface area contributed by atoms with Gasteiger partial charge in [-0.1, -0.05) is 12.2 Å². The van der Waals surface area contributed by atoms with Gasteiger partial charge in [0.2, 0.25) is 0 Å². The van der Waals surface area contributed by atoms with Crippen LogP contribution in [0, 0.1) is 6.92 Å². The molecule has 1 aromatic rings. The molecule has 0 spiro atoms. The summed E-state index contributed by atoms with van der Waals surface area (Å²) in [5.41, 5.74) is 6.76. The van der Waals surface area contributed by atoms with Gasteiger partial charge in [0, 0.05) is 18.0 Å². The predicted molar refractivity (Wildman–Crippen MR) is 69.7 cm³/mol. The van der Waals surface area contributed by atoms with Crippen molar-refractivity contribution >= 4 is 29.0 Å². The van der Waals surface area contributed by atoms with Crippen LogP contribution in [0.1, 0.15) is 11.3 Å². The molecule has 0 amide bonds. The lowest BCUT2D eigenvalue weighted by Crippen LogP contribution is -2.30. The number of thioether (sulfide) groups is 1. The van der Waals surface area contributed by atoms with Gasteiger partial charge < -0.3 is 10.3 Å². The number of hydrogen-bond acceptors (Lipinski definition) is 3. The Bertz CT molecular complexity index is 426. The van der Waals surface area contributed by atoms with Gasteiger partial charge in [-0.05, 0) is 25.3 Å². The first-order chi connectivity index (χ1) is 7.07. The van der Waals surface area contributed by atoms with E-state index in [0.29, 0.717) is 12.1 Å². The number of aryl methyl sites for hydroxylation is 1. The van der Waals surface area contributed by atoms with E-state index in [2.05, 4.69) is 0 Å². The second-order valence-electron chi connectivity index (χ2n) is 3.20. The van der Waals surface area contributed by atoms with E-state index in [1.807, 2.05) is 19.2 Å². The molecule has 2 N–H and O–H groups in total. The van der Waals surface area contributed by atoms with Crippen molar-refractivity contribution in [3.05, 3.63) is 33.7 Å². The molecule has 1 rings (SSSR count). The van der Waals surface area contributed by atoms with Crippen molar-refractivity contribution in [2.75, 3.05) is 12.0 Å². The Hall–Kier alpha value is -0.810. The summed E-state index contributed by atoms with van der Waals surface area (Å²) in [4.78, 5) is 12.1. The van der Waals surface area contributed by atoms with E-state index in [1.54, 1.807) is 22.4 Å². The van der Waals surface area contributed by atoms with Crippen LogP contribution in [0.3, 0.4) is 0 Å². The molecule has 0 saturated heterocycles. The van der Waals surface area contributed by atoms with Crippen LogP contribution in [-0.2, 0) is 6.54 Å². The van der Waals surface area contributed by atoms with Gasteiger partial charge in [-0.25, -0.2) is 0 Å². The Morgan fingerprint density at radius 3 is 2.80 bits per heavy atom. The highest BCUT2D eigenvalue weighted by Crippen LogP contribution is 2.01. The molecule has 0 aliphatic rings. The van der Waals surface area contributed by atoms with Crippen LogP contribution >= 0.6 is 24.0 Å². The van der Waals surface area contributed by atoms with Crippen molar-refractivity contribution in [3.63, 3.8) is 0 Å². The van der Waals surface area contributed by atoms with E-state index in [-0.39, 0.29) is 10.5 Å². The lowest BCUT2D eigenvalue weighted by Gasteiger charge is -2.10. The molecule has 0 unspecified atom stereocenters. The normalized spacial score (nSPS) is 10.3. The van der Waals surface area contributed by atoms with Gasteiger partial charge in [-0.15, -0.1) is 0 Å². The molecule has 82 valence electrons. The molecule has 0 fully saturated rings. The summed E-state index contributed by atoms with van der Waals surface area (Å²) in [6.07, 6.45) is 2.01. The maximum Gasteiger partial charge on any atom is 0.261 e. The van der Waals surface area contributed by atoms with Crippen molar-refractivity contribution in [1.29, 1.82) is 0 Å². The molecule has 1 heterocycles. The first kappa shape index (κ1) is 12.3. The van der Waals surface area contributed by atoms with E-state index in [0.717, 1.165) is 11.4 Å². The molecular weight excluding hydrogens is 228 g/mol. The average Bonchev–Trinajstić information content (AvgIpc) is 2.17. The zero-order valence-corrected chi connectivity index (χ0v) is 10.5. The third-order valence-corrected chi connectivity index (χ3v) is 2.99. The minimum Gasteiger partial charge on any atom is -0.389 e. The topological polar surface area (TPSA) is 48.0 Å². The fraction of sp³-hybridized carbons (Fsp3) is 0.400. The lowest BCUT2D eigenvalue weighted by atomic mass is 10.2. The summed E-state index contributed by atoms with van der Waals surface area (Å²) in [5, 5.41) is 0. The summed E-state index contributed by atoms with van der Waals surface area (Å²) < 4.78 is 1.71. The van der Waals surface area contributed by atoms with E-state index in [4.69, 9.17) is 18.0 Å². The zero-order valence-electron chi connectivity index (χ0n) is 8.82. The molecule has 0 aliphatic heterocycles. The molecule has 15 heavy (non-hydrogen) atoms. The highest BCUT2D eigenvalue weighted by Gasteiger charge is 2.07. The van der Waals surface area contributed by atoms with Crippen molar-refractivity contribution in [1.82, 2.24) is 4.57 Å². The van der Waals surface area contributed by atoms with E-state index >= 15 is 0 Å². The van der Waals surface area contributed by atoms with E-state index in [9.17, 15) is 4.79 Å². The maximum absolute atomic E-state index is 11.9. The molecule has 0 aromatic carbocycles. The molecule has 3 nitrogen and oxygen atoms in total. The summed E-state index contributed by atoms with van der Waals surface area (Å²) in [5.74, 6) is 0.904. The molecule has 0 radical (unpaired) electrons. The number of hydrogen-bond donors (Lipinski definition) is 1. The van der Waals surface area contributed by atoms with Crippen LogP contribution in [0.25, 0.3) is 0 Å². The molecule has 0 bridgehead atoms. The predicted octanol–water partition coefficient (Wildman–Crippen LogP) is 1.15. The highest BCUT2D eigenvalue weighted by atomic mass is 32.2. The third kappa shape index (κ3) is 2.82. The van der Waals surface area contributed by atoms with Crippen LogP contribution in [0.15, 0.2) is 16.9 Å². The van der Waals surface area contributed by atoms with Crippen LogP contribution in [-0.4, -0.2) is 21.6 Å². The van der Waals surface area contributed by atoms with Crippen LogP contribution in [0.4, 0.5) is 0 Å². The molecular formula is C10H14N2OS2. The number of nitrogens with zero attached hydrogens (tertiary/aromatic N) is 1. The minimum atomic E-state index is -0.0865. The number of aromatic nitrogens is 1. The Labute approximate surface area is 98.7 Å². The first-order valence-electron chi connectivity index (χ1n) is 4.57. The Kier molecular flexibility index (Phi) is 4.35. The highest BCUT2D eigenvalue weighted by molar-refractivity contribution is 7.98.